The molecular formula is C17H20N2OS. The Hall–Kier alpha value is -2.07. The maximum Gasteiger partial charge on any atom is 0.119 e. The number of hydrogen-bond donors (Lipinski definition) is 2. The minimum atomic E-state index is 0.440. The maximum absolute atomic E-state index is 5.65. The van der Waals surface area contributed by atoms with Crippen LogP contribution in [0.5, 0.6) is 5.75 Å². The molecule has 2 rings (SSSR count). The lowest BCUT2D eigenvalue weighted by Gasteiger charge is -2.10. The lowest BCUT2D eigenvalue weighted by Crippen LogP contribution is -2.12. The van der Waals surface area contributed by atoms with E-state index in [2.05, 4.69) is 11.4 Å². The normalized spacial score (nSPS) is 10.1. The first-order valence-corrected chi connectivity index (χ1v) is 7.40. The van der Waals surface area contributed by atoms with Crippen molar-refractivity contribution in [3.8, 4) is 5.75 Å². The van der Waals surface area contributed by atoms with Crippen molar-refractivity contribution in [2.24, 2.45) is 5.73 Å². The van der Waals surface area contributed by atoms with Crippen LogP contribution in [-0.4, -0.2) is 18.1 Å². The molecule has 0 spiro atoms. The number of para-hydroxylation sites is 1. The van der Waals surface area contributed by atoms with Crippen molar-refractivity contribution in [2.75, 3.05) is 18.5 Å². The summed E-state index contributed by atoms with van der Waals surface area (Å²) in [5.41, 5.74) is 8.75. The zero-order valence-corrected chi connectivity index (χ0v) is 13.0. The number of aryl methyl sites for hydroxylation is 1. The highest BCUT2D eigenvalue weighted by Gasteiger charge is 2.02. The van der Waals surface area contributed by atoms with E-state index in [9.17, 15) is 0 Å². The Labute approximate surface area is 131 Å². The van der Waals surface area contributed by atoms with Gasteiger partial charge in [-0.3, -0.25) is 0 Å². The number of anilines is 1. The molecule has 0 aromatic heterocycles. The maximum atomic E-state index is 5.65. The van der Waals surface area contributed by atoms with Gasteiger partial charge < -0.3 is 15.8 Å². The summed E-state index contributed by atoms with van der Waals surface area (Å²) in [5.74, 6) is 0.911. The quantitative estimate of drug-likeness (QED) is 0.607. The SMILES string of the molecule is Cc1cc(NCCCOc2ccccc2)ccc1C(N)=S. The van der Waals surface area contributed by atoms with Crippen LogP contribution in [0.3, 0.4) is 0 Å². The van der Waals surface area contributed by atoms with E-state index in [1.54, 1.807) is 0 Å². The standard InChI is InChI=1S/C17H20N2OS/c1-13-12-14(8-9-16(13)17(18)21)19-10-5-11-20-15-6-3-2-4-7-15/h2-4,6-9,12,19H,5,10-11H2,1H3,(H2,18,21). The molecule has 0 aliphatic rings. The lowest BCUT2D eigenvalue weighted by molar-refractivity contribution is 0.315. The van der Waals surface area contributed by atoms with Gasteiger partial charge in [-0.05, 0) is 49.2 Å². The monoisotopic (exact) mass is 300 g/mol. The summed E-state index contributed by atoms with van der Waals surface area (Å²) in [7, 11) is 0. The molecule has 0 bridgehead atoms. The Kier molecular flexibility index (Phi) is 5.58. The summed E-state index contributed by atoms with van der Waals surface area (Å²) >= 11 is 5.00. The van der Waals surface area contributed by atoms with Crippen LogP contribution in [-0.2, 0) is 0 Å². The van der Waals surface area contributed by atoms with Crippen molar-refractivity contribution >= 4 is 22.9 Å². The second-order valence-corrected chi connectivity index (χ2v) is 5.28. The van der Waals surface area contributed by atoms with E-state index in [1.807, 2.05) is 49.4 Å². The Balaban J connectivity index is 1.74. The molecule has 4 heteroatoms. The van der Waals surface area contributed by atoms with Gasteiger partial charge in [0.05, 0.1) is 6.61 Å². The molecule has 2 aromatic rings. The van der Waals surface area contributed by atoms with Crippen LogP contribution in [0.1, 0.15) is 17.5 Å². The van der Waals surface area contributed by atoms with Gasteiger partial charge in [-0.25, -0.2) is 0 Å². The zero-order valence-electron chi connectivity index (χ0n) is 12.1. The van der Waals surface area contributed by atoms with Gasteiger partial charge in [0.2, 0.25) is 0 Å². The predicted molar refractivity (Wildman–Crippen MR) is 92.1 cm³/mol. The van der Waals surface area contributed by atoms with E-state index in [0.29, 0.717) is 11.6 Å². The molecule has 0 saturated heterocycles. The third-order valence-corrected chi connectivity index (χ3v) is 3.37. The van der Waals surface area contributed by atoms with Gasteiger partial charge in [0.15, 0.2) is 0 Å². The van der Waals surface area contributed by atoms with Gasteiger partial charge in [0.1, 0.15) is 10.7 Å². The fraction of sp³-hybridized carbons (Fsp3) is 0.235. The third-order valence-electron chi connectivity index (χ3n) is 3.15. The van der Waals surface area contributed by atoms with Crippen LogP contribution in [0.4, 0.5) is 5.69 Å². The second-order valence-electron chi connectivity index (χ2n) is 4.84. The van der Waals surface area contributed by atoms with E-state index >= 15 is 0 Å². The topological polar surface area (TPSA) is 47.3 Å². The van der Waals surface area contributed by atoms with E-state index in [1.165, 1.54) is 0 Å². The number of nitrogens with two attached hydrogens (primary N) is 1. The number of benzene rings is 2. The van der Waals surface area contributed by atoms with Gasteiger partial charge >= 0.3 is 0 Å². The fourth-order valence-corrected chi connectivity index (χ4v) is 2.29. The molecule has 3 nitrogen and oxygen atoms in total. The van der Waals surface area contributed by atoms with Crippen molar-refractivity contribution < 1.29 is 4.74 Å². The molecule has 0 saturated carbocycles. The first-order chi connectivity index (χ1) is 10.2. The van der Waals surface area contributed by atoms with Crippen molar-refractivity contribution in [3.63, 3.8) is 0 Å². The number of hydrogen-bond acceptors (Lipinski definition) is 3. The largest absolute Gasteiger partial charge is 0.494 e. The molecule has 0 heterocycles. The van der Waals surface area contributed by atoms with Crippen LogP contribution in [0.25, 0.3) is 0 Å². The summed E-state index contributed by atoms with van der Waals surface area (Å²) < 4.78 is 5.64. The third kappa shape index (κ3) is 4.76. The summed E-state index contributed by atoms with van der Waals surface area (Å²) in [6.07, 6.45) is 0.936. The van der Waals surface area contributed by atoms with E-state index in [-0.39, 0.29) is 0 Å². The summed E-state index contributed by atoms with van der Waals surface area (Å²) in [6, 6.07) is 15.9. The summed E-state index contributed by atoms with van der Waals surface area (Å²) in [5, 5.41) is 3.37. The molecule has 0 radical (unpaired) electrons. The Bertz CT molecular complexity index is 599. The second kappa shape index (κ2) is 7.64. The number of ether oxygens (including phenoxy) is 1. The van der Waals surface area contributed by atoms with Crippen molar-refractivity contribution in [3.05, 3.63) is 59.7 Å². The highest BCUT2D eigenvalue weighted by Crippen LogP contribution is 2.15. The molecule has 0 amide bonds. The predicted octanol–water partition coefficient (Wildman–Crippen LogP) is 3.51. The summed E-state index contributed by atoms with van der Waals surface area (Å²) in [6.45, 7) is 3.57. The van der Waals surface area contributed by atoms with Gasteiger partial charge in [0, 0.05) is 17.8 Å². The molecule has 0 aliphatic carbocycles. The van der Waals surface area contributed by atoms with Gasteiger partial charge in [-0.1, -0.05) is 30.4 Å². The summed E-state index contributed by atoms with van der Waals surface area (Å²) in [4.78, 5) is 0.440. The molecule has 110 valence electrons. The van der Waals surface area contributed by atoms with Crippen LogP contribution in [0.2, 0.25) is 0 Å². The Morgan fingerprint density at radius 2 is 1.95 bits per heavy atom. The van der Waals surface area contributed by atoms with E-state index < -0.39 is 0 Å². The Morgan fingerprint density at radius 3 is 2.62 bits per heavy atom. The molecule has 0 aliphatic heterocycles. The highest BCUT2D eigenvalue weighted by atomic mass is 32.1. The molecule has 3 N–H and O–H groups in total. The average molecular weight is 300 g/mol. The van der Waals surface area contributed by atoms with Crippen LogP contribution < -0.4 is 15.8 Å². The van der Waals surface area contributed by atoms with Crippen molar-refractivity contribution in [1.29, 1.82) is 0 Å². The smallest absolute Gasteiger partial charge is 0.119 e. The van der Waals surface area contributed by atoms with Crippen molar-refractivity contribution in [1.82, 2.24) is 0 Å². The van der Waals surface area contributed by atoms with Gasteiger partial charge in [-0.15, -0.1) is 0 Å². The lowest BCUT2D eigenvalue weighted by atomic mass is 10.1. The molecule has 0 unspecified atom stereocenters. The van der Waals surface area contributed by atoms with Crippen molar-refractivity contribution in [2.45, 2.75) is 13.3 Å². The number of nitrogens with one attached hydrogen (secondary N) is 1. The molecule has 21 heavy (non-hydrogen) atoms. The Morgan fingerprint density at radius 1 is 1.19 bits per heavy atom. The fourth-order valence-electron chi connectivity index (χ4n) is 2.06. The average Bonchev–Trinajstić information content (AvgIpc) is 2.47. The zero-order chi connectivity index (χ0) is 15.1. The van der Waals surface area contributed by atoms with Gasteiger partial charge in [0.25, 0.3) is 0 Å². The van der Waals surface area contributed by atoms with E-state index in [0.717, 1.165) is 35.5 Å². The molecule has 0 atom stereocenters. The van der Waals surface area contributed by atoms with Crippen LogP contribution in [0.15, 0.2) is 48.5 Å². The highest BCUT2D eigenvalue weighted by molar-refractivity contribution is 7.80. The first-order valence-electron chi connectivity index (χ1n) is 6.99. The number of thiocarbonyl (C=S) groups is 1. The first kappa shape index (κ1) is 15.3. The van der Waals surface area contributed by atoms with E-state index in [4.69, 9.17) is 22.7 Å². The number of rotatable bonds is 7. The van der Waals surface area contributed by atoms with Crippen LogP contribution >= 0.6 is 12.2 Å². The van der Waals surface area contributed by atoms with Gasteiger partial charge in [-0.2, -0.15) is 0 Å². The molecule has 0 fully saturated rings. The molecular weight excluding hydrogens is 280 g/mol. The minimum Gasteiger partial charge on any atom is -0.494 e. The minimum absolute atomic E-state index is 0.440. The molecule has 2 aromatic carbocycles. The van der Waals surface area contributed by atoms with Crippen LogP contribution in [0, 0.1) is 6.92 Å².